The largest absolute Gasteiger partial charge is 0.314 e. The van der Waals surface area contributed by atoms with E-state index in [0.29, 0.717) is 0 Å². The van der Waals surface area contributed by atoms with E-state index in [0.717, 1.165) is 6.04 Å². The van der Waals surface area contributed by atoms with Gasteiger partial charge < -0.3 is 10.2 Å². The van der Waals surface area contributed by atoms with E-state index in [1.807, 2.05) is 0 Å². The van der Waals surface area contributed by atoms with E-state index in [4.69, 9.17) is 0 Å². The van der Waals surface area contributed by atoms with Crippen LogP contribution in [0.2, 0.25) is 0 Å². The summed E-state index contributed by atoms with van der Waals surface area (Å²) >= 11 is 0. The Labute approximate surface area is 88.5 Å². The van der Waals surface area contributed by atoms with Crippen molar-refractivity contribution in [1.82, 2.24) is 15.1 Å². The highest BCUT2D eigenvalue weighted by Gasteiger charge is 2.22. The second kappa shape index (κ2) is 6.38. The molecule has 1 fully saturated rings. The lowest BCUT2D eigenvalue weighted by atomic mass is 10.1. The van der Waals surface area contributed by atoms with Gasteiger partial charge in [0.25, 0.3) is 0 Å². The third-order valence-electron chi connectivity index (χ3n) is 2.84. The Balaban J connectivity index is 2.14. The molecule has 84 valence electrons. The predicted octanol–water partition coefficient (Wildman–Crippen LogP) is 0.622. The first-order valence-corrected chi connectivity index (χ1v) is 5.83. The molecule has 1 heterocycles. The average molecular weight is 199 g/mol. The van der Waals surface area contributed by atoms with E-state index in [1.165, 1.54) is 45.6 Å². The maximum Gasteiger partial charge on any atom is 0.0345 e. The summed E-state index contributed by atoms with van der Waals surface area (Å²) < 4.78 is 0. The van der Waals surface area contributed by atoms with Gasteiger partial charge in [-0.1, -0.05) is 6.92 Å². The normalized spacial score (nSPS) is 17.8. The highest BCUT2D eigenvalue weighted by Crippen LogP contribution is 2.06. The van der Waals surface area contributed by atoms with Crippen molar-refractivity contribution in [2.75, 3.05) is 46.8 Å². The lowest BCUT2D eigenvalue weighted by Crippen LogP contribution is -2.57. The fourth-order valence-electron chi connectivity index (χ4n) is 1.89. The van der Waals surface area contributed by atoms with Gasteiger partial charge in [0.05, 0.1) is 0 Å². The van der Waals surface area contributed by atoms with Crippen LogP contribution in [0.15, 0.2) is 0 Å². The quantitative estimate of drug-likeness (QED) is 0.648. The first-order chi connectivity index (χ1) is 6.74. The molecule has 0 unspecified atom stereocenters. The SMILES string of the molecule is CCCN(CCCN(C)C)C1CNC1. The van der Waals surface area contributed by atoms with Crippen LogP contribution in [0.3, 0.4) is 0 Å². The standard InChI is InChI=1S/C11H25N3/c1-4-6-14(11-9-12-10-11)8-5-7-13(2)3/h11-12H,4-10H2,1-3H3. The number of rotatable bonds is 7. The van der Waals surface area contributed by atoms with Crippen molar-refractivity contribution in [2.45, 2.75) is 25.8 Å². The molecule has 1 rings (SSSR count). The third kappa shape index (κ3) is 3.95. The van der Waals surface area contributed by atoms with Crippen LogP contribution in [-0.4, -0.2) is 62.7 Å². The second-order valence-electron chi connectivity index (χ2n) is 4.50. The molecule has 0 bridgehead atoms. The van der Waals surface area contributed by atoms with Crippen molar-refractivity contribution >= 4 is 0 Å². The summed E-state index contributed by atoms with van der Waals surface area (Å²) in [4.78, 5) is 4.91. The molecule has 0 atom stereocenters. The number of hydrogen-bond acceptors (Lipinski definition) is 3. The summed E-state index contributed by atoms with van der Waals surface area (Å²) in [5.41, 5.74) is 0. The third-order valence-corrected chi connectivity index (χ3v) is 2.84. The smallest absolute Gasteiger partial charge is 0.0345 e. The van der Waals surface area contributed by atoms with Gasteiger partial charge in [-0.05, 0) is 46.6 Å². The molecule has 14 heavy (non-hydrogen) atoms. The molecule has 0 aromatic heterocycles. The lowest BCUT2D eigenvalue weighted by Gasteiger charge is -2.38. The van der Waals surface area contributed by atoms with E-state index in [1.54, 1.807) is 0 Å². The van der Waals surface area contributed by atoms with Gasteiger partial charge in [-0.15, -0.1) is 0 Å². The van der Waals surface area contributed by atoms with Gasteiger partial charge in [0, 0.05) is 19.1 Å². The minimum Gasteiger partial charge on any atom is -0.314 e. The zero-order valence-corrected chi connectivity index (χ0v) is 9.92. The van der Waals surface area contributed by atoms with Crippen molar-refractivity contribution in [2.24, 2.45) is 0 Å². The molecule has 0 saturated carbocycles. The summed E-state index contributed by atoms with van der Waals surface area (Å²) in [7, 11) is 4.30. The molecular weight excluding hydrogens is 174 g/mol. The molecule has 0 aliphatic carbocycles. The molecule has 1 aliphatic rings. The number of nitrogens with one attached hydrogen (secondary N) is 1. The fraction of sp³-hybridized carbons (Fsp3) is 1.00. The van der Waals surface area contributed by atoms with Gasteiger partial charge in [-0.25, -0.2) is 0 Å². The Hall–Kier alpha value is -0.120. The summed E-state index contributed by atoms with van der Waals surface area (Å²) in [5, 5.41) is 3.35. The van der Waals surface area contributed by atoms with E-state index < -0.39 is 0 Å². The number of hydrogen-bond donors (Lipinski definition) is 1. The van der Waals surface area contributed by atoms with E-state index >= 15 is 0 Å². The molecule has 1 N–H and O–H groups in total. The van der Waals surface area contributed by atoms with Crippen molar-refractivity contribution in [3.05, 3.63) is 0 Å². The number of nitrogens with zero attached hydrogens (tertiary/aromatic N) is 2. The highest BCUT2D eigenvalue weighted by atomic mass is 15.2. The topological polar surface area (TPSA) is 18.5 Å². The minimum atomic E-state index is 0.817. The summed E-state index contributed by atoms with van der Waals surface area (Å²) in [6, 6.07) is 0.817. The Morgan fingerprint density at radius 2 is 1.86 bits per heavy atom. The van der Waals surface area contributed by atoms with Gasteiger partial charge in [0.1, 0.15) is 0 Å². The second-order valence-corrected chi connectivity index (χ2v) is 4.50. The molecule has 0 aromatic rings. The average Bonchev–Trinajstić information content (AvgIpc) is 2.00. The van der Waals surface area contributed by atoms with Crippen LogP contribution in [0, 0.1) is 0 Å². The van der Waals surface area contributed by atoms with Crippen molar-refractivity contribution < 1.29 is 0 Å². The zero-order valence-electron chi connectivity index (χ0n) is 9.92. The summed E-state index contributed by atoms with van der Waals surface area (Å²) in [6.07, 6.45) is 2.57. The fourth-order valence-corrected chi connectivity index (χ4v) is 1.89. The maximum absolute atomic E-state index is 3.35. The van der Waals surface area contributed by atoms with Crippen LogP contribution < -0.4 is 5.32 Å². The minimum absolute atomic E-state index is 0.817. The molecule has 3 nitrogen and oxygen atoms in total. The molecule has 0 radical (unpaired) electrons. The summed E-state index contributed by atoms with van der Waals surface area (Å²) in [5.74, 6) is 0. The van der Waals surface area contributed by atoms with Crippen LogP contribution in [0.5, 0.6) is 0 Å². The van der Waals surface area contributed by atoms with Gasteiger partial charge in [-0.3, -0.25) is 4.90 Å². The Bertz CT molecular complexity index is 143. The Morgan fingerprint density at radius 1 is 1.14 bits per heavy atom. The zero-order chi connectivity index (χ0) is 10.4. The molecule has 1 aliphatic heterocycles. The predicted molar refractivity (Wildman–Crippen MR) is 61.7 cm³/mol. The van der Waals surface area contributed by atoms with E-state index in [2.05, 4.69) is 36.1 Å². The molecule has 0 spiro atoms. The van der Waals surface area contributed by atoms with E-state index in [9.17, 15) is 0 Å². The van der Waals surface area contributed by atoms with Crippen LogP contribution in [0.1, 0.15) is 19.8 Å². The van der Waals surface area contributed by atoms with E-state index in [-0.39, 0.29) is 0 Å². The van der Waals surface area contributed by atoms with Gasteiger partial charge in [0.2, 0.25) is 0 Å². The molecule has 0 amide bonds. The van der Waals surface area contributed by atoms with Gasteiger partial charge in [0.15, 0.2) is 0 Å². The van der Waals surface area contributed by atoms with Crippen LogP contribution in [-0.2, 0) is 0 Å². The van der Waals surface area contributed by atoms with Crippen molar-refractivity contribution in [3.63, 3.8) is 0 Å². The highest BCUT2D eigenvalue weighted by molar-refractivity contribution is 4.84. The summed E-state index contributed by atoms with van der Waals surface area (Å²) in [6.45, 7) is 8.40. The van der Waals surface area contributed by atoms with Crippen molar-refractivity contribution in [1.29, 1.82) is 0 Å². The molecule has 1 saturated heterocycles. The van der Waals surface area contributed by atoms with Crippen LogP contribution in [0.25, 0.3) is 0 Å². The first-order valence-electron chi connectivity index (χ1n) is 5.83. The van der Waals surface area contributed by atoms with Crippen LogP contribution >= 0.6 is 0 Å². The van der Waals surface area contributed by atoms with Crippen LogP contribution in [0.4, 0.5) is 0 Å². The lowest BCUT2D eigenvalue weighted by molar-refractivity contribution is 0.140. The monoisotopic (exact) mass is 199 g/mol. The molecular formula is C11H25N3. The van der Waals surface area contributed by atoms with Gasteiger partial charge >= 0.3 is 0 Å². The van der Waals surface area contributed by atoms with Crippen molar-refractivity contribution in [3.8, 4) is 0 Å². The van der Waals surface area contributed by atoms with Gasteiger partial charge in [-0.2, -0.15) is 0 Å². The first kappa shape index (κ1) is 12.0. The molecule has 0 aromatic carbocycles. The molecule has 3 heteroatoms. The maximum atomic E-state index is 3.35. The Kier molecular flexibility index (Phi) is 5.45. The Morgan fingerprint density at radius 3 is 2.29 bits per heavy atom.